The zero-order valence-electron chi connectivity index (χ0n) is 12.8. The fourth-order valence-corrected chi connectivity index (χ4v) is 3.60. The summed E-state index contributed by atoms with van der Waals surface area (Å²) in [6, 6.07) is 0.260. The molecule has 4 rings (SSSR count). The van der Waals surface area contributed by atoms with E-state index >= 15 is 0 Å². The normalized spacial score (nSPS) is 36.5. The van der Waals surface area contributed by atoms with Crippen LogP contribution < -0.4 is 10.7 Å². The number of nitrogens with one attached hydrogen (secondary N) is 2. The number of hydrazone groups is 1. The molecule has 0 radical (unpaired) electrons. The fourth-order valence-electron chi connectivity index (χ4n) is 3.60. The molecule has 2 N–H and O–H groups in total. The van der Waals surface area contributed by atoms with E-state index in [1.54, 1.807) is 0 Å². The summed E-state index contributed by atoms with van der Waals surface area (Å²) < 4.78 is 0. The number of nitrogens with zero attached hydrogens (tertiary/aromatic N) is 3. The second-order valence-corrected chi connectivity index (χ2v) is 6.42. The lowest BCUT2D eigenvalue weighted by Gasteiger charge is -2.33. The van der Waals surface area contributed by atoms with Gasteiger partial charge in [0, 0.05) is 17.8 Å². The van der Waals surface area contributed by atoms with Crippen molar-refractivity contribution in [2.24, 2.45) is 26.9 Å². The van der Waals surface area contributed by atoms with Gasteiger partial charge in [-0.15, -0.1) is 0 Å². The van der Waals surface area contributed by atoms with Crippen LogP contribution in [0.4, 0.5) is 0 Å². The van der Waals surface area contributed by atoms with Crippen LogP contribution in [0, 0.1) is 11.8 Å². The second kappa shape index (κ2) is 6.16. The van der Waals surface area contributed by atoms with Crippen molar-refractivity contribution in [3.8, 4) is 0 Å². The van der Waals surface area contributed by atoms with Gasteiger partial charge in [-0.3, -0.25) is 10.3 Å². The molecule has 22 heavy (non-hydrogen) atoms. The average Bonchev–Trinajstić information content (AvgIpc) is 3.09. The van der Waals surface area contributed by atoms with Gasteiger partial charge in [-0.05, 0) is 32.1 Å². The molecule has 2 heterocycles. The van der Waals surface area contributed by atoms with Crippen molar-refractivity contribution in [2.75, 3.05) is 6.54 Å². The second-order valence-electron chi connectivity index (χ2n) is 6.42. The first-order valence-corrected chi connectivity index (χ1v) is 8.39. The van der Waals surface area contributed by atoms with Crippen LogP contribution >= 0.6 is 0 Å². The van der Waals surface area contributed by atoms with E-state index < -0.39 is 0 Å². The zero-order valence-corrected chi connectivity index (χ0v) is 12.8. The van der Waals surface area contributed by atoms with Gasteiger partial charge in [-0.2, -0.15) is 5.10 Å². The first kappa shape index (κ1) is 13.9. The van der Waals surface area contributed by atoms with E-state index in [0.29, 0.717) is 11.8 Å². The summed E-state index contributed by atoms with van der Waals surface area (Å²) in [4.78, 5) is 9.94. The molecule has 0 aromatic heterocycles. The summed E-state index contributed by atoms with van der Waals surface area (Å²) in [6.07, 6.45) is 16.7. The first-order chi connectivity index (χ1) is 10.9. The summed E-state index contributed by atoms with van der Waals surface area (Å²) in [5.41, 5.74) is 4.32. The van der Waals surface area contributed by atoms with Gasteiger partial charge in [0.1, 0.15) is 12.0 Å². The quantitative estimate of drug-likeness (QED) is 0.783. The van der Waals surface area contributed by atoms with Crippen LogP contribution in [0.15, 0.2) is 39.4 Å². The van der Waals surface area contributed by atoms with Crippen LogP contribution in [0.2, 0.25) is 0 Å². The Kier molecular flexibility index (Phi) is 3.89. The Labute approximate surface area is 131 Å². The van der Waals surface area contributed by atoms with Crippen LogP contribution in [-0.4, -0.2) is 36.5 Å². The molecule has 4 unspecified atom stereocenters. The third-order valence-corrected chi connectivity index (χ3v) is 4.84. The van der Waals surface area contributed by atoms with E-state index in [2.05, 4.69) is 40.1 Å². The summed E-state index contributed by atoms with van der Waals surface area (Å²) in [5, 5.41) is 7.74. The van der Waals surface area contributed by atoms with Crippen LogP contribution in [-0.2, 0) is 0 Å². The molecule has 2 aliphatic carbocycles. The smallest absolute Gasteiger partial charge is 0.128 e. The number of rotatable bonds is 3. The maximum absolute atomic E-state index is 5.00. The van der Waals surface area contributed by atoms with Crippen LogP contribution in [0.5, 0.6) is 0 Å². The molecule has 4 atom stereocenters. The van der Waals surface area contributed by atoms with Gasteiger partial charge in [-0.1, -0.05) is 24.3 Å². The Morgan fingerprint density at radius 1 is 1.18 bits per heavy atom. The highest BCUT2D eigenvalue weighted by Gasteiger charge is 2.33. The third kappa shape index (κ3) is 2.77. The summed E-state index contributed by atoms with van der Waals surface area (Å²) in [5.74, 6) is 1.86. The Hall–Kier alpha value is -1.75. The molecule has 2 aliphatic heterocycles. The Morgan fingerprint density at radius 2 is 2.18 bits per heavy atom. The van der Waals surface area contributed by atoms with Gasteiger partial charge in [0.2, 0.25) is 0 Å². The minimum absolute atomic E-state index is 0.0984. The molecular formula is C17H23N5. The van der Waals surface area contributed by atoms with E-state index in [9.17, 15) is 0 Å². The van der Waals surface area contributed by atoms with Gasteiger partial charge >= 0.3 is 0 Å². The molecule has 0 saturated heterocycles. The first-order valence-electron chi connectivity index (χ1n) is 8.39. The molecule has 0 amide bonds. The Bertz CT molecular complexity index is 572. The van der Waals surface area contributed by atoms with E-state index in [1.807, 2.05) is 6.21 Å². The topological polar surface area (TPSA) is 61.1 Å². The molecule has 0 saturated carbocycles. The van der Waals surface area contributed by atoms with Crippen molar-refractivity contribution in [3.63, 3.8) is 0 Å². The maximum atomic E-state index is 5.00. The Morgan fingerprint density at radius 3 is 3.00 bits per heavy atom. The summed E-state index contributed by atoms with van der Waals surface area (Å²) in [6.45, 7) is 0.844. The van der Waals surface area contributed by atoms with E-state index in [1.165, 1.54) is 12.1 Å². The van der Waals surface area contributed by atoms with Crippen molar-refractivity contribution >= 4 is 17.8 Å². The summed E-state index contributed by atoms with van der Waals surface area (Å²) >= 11 is 0. The van der Waals surface area contributed by atoms with Crippen LogP contribution in [0.3, 0.4) is 0 Å². The van der Waals surface area contributed by atoms with Crippen molar-refractivity contribution in [3.05, 3.63) is 24.3 Å². The predicted octanol–water partition coefficient (Wildman–Crippen LogP) is 2.04. The maximum Gasteiger partial charge on any atom is 0.128 e. The lowest BCUT2D eigenvalue weighted by molar-refractivity contribution is 0.446. The van der Waals surface area contributed by atoms with Gasteiger partial charge in [0.15, 0.2) is 0 Å². The number of allylic oxidation sites excluding steroid dienone is 3. The molecule has 116 valence electrons. The van der Waals surface area contributed by atoms with Gasteiger partial charge in [-0.25, -0.2) is 4.99 Å². The van der Waals surface area contributed by atoms with Crippen molar-refractivity contribution in [1.29, 1.82) is 0 Å². The third-order valence-electron chi connectivity index (χ3n) is 4.84. The average molecular weight is 297 g/mol. The predicted molar refractivity (Wildman–Crippen MR) is 90.4 cm³/mol. The number of hydrogen-bond acceptors (Lipinski definition) is 5. The molecular weight excluding hydrogens is 274 g/mol. The number of hydrogen-bond donors (Lipinski definition) is 2. The zero-order chi connectivity index (χ0) is 14.8. The molecule has 5 nitrogen and oxygen atoms in total. The number of amidine groups is 1. The van der Waals surface area contributed by atoms with Crippen molar-refractivity contribution in [1.82, 2.24) is 10.7 Å². The Balaban J connectivity index is 1.58. The van der Waals surface area contributed by atoms with Gasteiger partial charge in [0.25, 0.3) is 0 Å². The van der Waals surface area contributed by atoms with E-state index in [-0.39, 0.29) is 12.2 Å². The van der Waals surface area contributed by atoms with Gasteiger partial charge < -0.3 is 5.43 Å². The number of fused-ring (bicyclic) bond motifs is 1. The monoisotopic (exact) mass is 297 g/mol. The molecule has 0 spiro atoms. The molecule has 0 aromatic rings. The molecule has 0 aromatic carbocycles. The minimum atomic E-state index is 0.0984. The standard InChI is InChI=1S/C17H23N5/c1-2-6-12(7-3-1)16-21-15-9-5-4-8-14(15)17(22-16)20-13-10-18-19-11-13/h1-2,4,8,10,12-14,17,19-20H,3,5-7,9,11H2. The van der Waals surface area contributed by atoms with Crippen LogP contribution in [0.1, 0.15) is 32.1 Å². The van der Waals surface area contributed by atoms with Crippen LogP contribution in [0.25, 0.3) is 0 Å². The lowest BCUT2D eigenvalue weighted by atomic mass is 9.87. The highest BCUT2D eigenvalue weighted by molar-refractivity contribution is 6.03. The van der Waals surface area contributed by atoms with Gasteiger partial charge in [0.05, 0.1) is 18.5 Å². The SMILES string of the molecule is C1=CC2C(=NC(C3CC=CCC3)=NC2NC2C=NNC2)CC1. The fraction of sp³-hybridized carbons (Fsp3) is 0.588. The van der Waals surface area contributed by atoms with E-state index in [0.717, 1.165) is 38.1 Å². The number of aliphatic imine (C=N–C) groups is 2. The molecule has 0 bridgehead atoms. The van der Waals surface area contributed by atoms with Crippen molar-refractivity contribution in [2.45, 2.75) is 44.3 Å². The largest absolute Gasteiger partial charge is 0.308 e. The van der Waals surface area contributed by atoms with Crippen molar-refractivity contribution < 1.29 is 0 Å². The highest BCUT2D eigenvalue weighted by atomic mass is 15.3. The molecule has 4 aliphatic rings. The highest BCUT2D eigenvalue weighted by Crippen LogP contribution is 2.28. The molecule has 5 heteroatoms. The molecule has 0 fully saturated rings. The van der Waals surface area contributed by atoms with E-state index in [4.69, 9.17) is 9.98 Å². The lowest BCUT2D eigenvalue weighted by Crippen LogP contribution is -2.48. The summed E-state index contributed by atoms with van der Waals surface area (Å²) in [7, 11) is 0. The minimum Gasteiger partial charge on any atom is -0.308 e.